The van der Waals surface area contributed by atoms with Crippen molar-refractivity contribution in [2.75, 3.05) is 18.5 Å². The fourth-order valence-corrected chi connectivity index (χ4v) is 1.15. The summed E-state index contributed by atoms with van der Waals surface area (Å²) in [5.74, 6) is -0.226. The minimum Gasteiger partial charge on any atom is -0.465 e. The second kappa shape index (κ2) is 5.27. The SMILES string of the molecule is CCOC(=O)CNc1ccccc1C. The predicted molar refractivity (Wildman–Crippen MR) is 56.3 cm³/mol. The molecule has 0 radical (unpaired) electrons. The van der Waals surface area contributed by atoms with Crippen LogP contribution in [0.1, 0.15) is 12.5 Å². The highest BCUT2D eigenvalue weighted by atomic mass is 16.5. The van der Waals surface area contributed by atoms with E-state index in [4.69, 9.17) is 4.74 Å². The fourth-order valence-electron chi connectivity index (χ4n) is 1.15. The molecule has 0 atom stereocenters. The van der Waals surface area contributed by atoms with Crippen LogP contribution >= 0.6 is 0 Å². The third-order valence-electron chi connectivity index (χ3n) is 1.87. The number of ether oxygens (including phenoxy) is 1. The summed E-state index contributed by atoms with van der Waals surface area (Å²) in [6.45, 7) is 4.44. The Morgan fingerprint density at radius 3 is 2.79 bits per heavy atom. The molecule has 76 valence electrons. The van der Waals surface area contributed by atoms with Crippen molar-refractivity contribution in [3.8, 4) is 0 Å². The molecule has 0 unspecified atom stereocenters. The molecule has 1 N–H and O–H groups in total. The Balaban J connectivity index is 2.46. The van der Waals surface area contributed by atoms with Crippen molar-refractivity contribution in [2.45, 2.75) is 13.8 Å². The summed E-state index contributed by atoms with van der Waals surface area (Å²) in [5.41, 5.74) is 2.09. The lowest BCUT2D eigenvalue weighted by molar-refractivity contribution is -0.140. The van der Waals surface area contributed by atoms with Crippen molar-refractivity contribution in [2.24, 2.45) is 0 Å². The number of rotatable bonds is 4. The van der Waals surface area contributed by atoms with Gasteiger partial charge in [-0.3, -0.25) is 4.79 Å². The van der Waals surface area contributed by atoms with E-state index in [1.807, 2.05) is 31.2 Å². The number of benzene rings is 1. The summed E-state index contributed by atoms with van der Waals surface area (Å²) in [5, 5.41) is 3.02. The Hall–Kier alpha value is -1.51. The number of para-hydroxylation sites is 1. The Morgan fingerprint density at radius 1 is 1.43 bits per heavy atom. The van der Waals surface area contributed by atoms with Crippen LogP contribution in [0.3, 0.4) is 0 Å². The molecule has 3 nitrogen and oxygen atoms in total. The number of nitrogens with one attached hydrogen (secondary N) is 1. The summed E-state index contributed by atoms with van der Waals surface area (Å²) in [6, 6.07) is 7.83. The number of aryl methyl sites for hydroxylation is 1. The van der Waals surface area contributed by atoms with Crippen LogP contribution in [-0.4, -0.2) is 19.1 Å². The lowest BCUT2D eigenvalue weighted by Crippen LogP contribution is -2.17. The highest BCUT2D eigenvalue weighted by Crippen LogP contribution is 2.12. The number of carbonyl (C=O) groups excluding carboxylic acids is 1. The molecule has 0 saturated carbocycles. The summed E-state index contributed by atoms with van der Waals surface area (Å²) in [7, 11) is 0. The zero-order chi connectivity index (χ0) is 10.4. The van der Waals surface area contributed by atoms with Crippen LogP contribution in [-0.2, 0) is 9.53 Å². The molecule has 3 heteroatoms. The highest BCUT2D eigenvalue weighted by molar-refractivity contribution is 5.75. The Morgan fingerprint density at radius 2 is 2.14 bits per heavy atom. The molecular formula is C11H15NO2. The van der Waals surface area contributed by atoms with Crippen molar-refractivity contribution in [1.29, 1.82) is 0 Å². The first kappa shape index (κ1) is 10.6. The standard InChI is InChI=1S/C11H15NO2/c1-3-14-11(13)8-12-10-7-5-4-6-9(10)2/h4-7,12H,3,8H2,1-2H3. The van der Waals surface area contributed by atoms with E-state index >= 15 is 0 Å². The Labute approximate surface area is 84.1 Å². The summed E-state index contributed by atoms with van der Waals surface area (Å²) < 4.78 is 4.80. The number of anilines is 1. The number of carbonyl (C=O) groups is 1. The van der Waals surface area contributed by atoms with Crippen LogP contribution in [0.15, 0.2) is 24.3 Å². The van der Waals surface area contributed by atoms with Gasteiger partial charge in [-0.05, 0) is 25.5 Å². The second-order valence-corrected chi connectivity index (χ2v) is 2.97. The average molecular weight is 193 g/mol. The maximum absolute atomic E-state index is 11.0. The molecule has 1 aromatic rings. The second-order valence-electron chi connectivity index (χ2n) is 2.97. The minimum atomic E-state index is -0.226. The quantitative estimate of drug-likeness (QED) is 0.743. The van der Waals surface area contributed by atoms with Gasteiger partial charge in [0.25, 0.3) is 0 Å². The van der Waals surface area contributed by atoms with Gasteiger partial charge < -0.3 is 10.1 Å². The first-order valence-corrected chi connectivity index (χ1v) is 4.69. The smallest absolute Gasteiger partial charge is 0.325 e. The molecule has 0 aliphatic heterocycles. The number of hydrogen-bond acceptors (Lipinski definition) is 3. The maximum Gasteiger partial charge on any atom is 0.325 e. The fraction of sp³-hybridized carbons (Fsp3) is 0.364. The van der Waals surface area contributed by atoms with Gasteiger partial charge in [-0.25, -0.2) is 0 Å². The number of hydrogen-bond donors (Lipinski definition) is 1. The van der Waals surface area contributed by atoms with Crippen LogP contribution in [0.2, 0.25) is 0 Å². The Kier molecular flexibility index (Phi) is 3.98. The van der Waals surface area contributed by atoms with E-state index in [-0.39, 0.29) is 12.5 Å². The van der Waals surface area contributed by atoms with E-state index in [0.717, 1.165) is 11.3 Å². The molecule has 0 aromatic heterocycles. The lowest BCUT2D eigenvalue weighted by atomic mass is 10.2. The van der Waals surface area contributed by atoms with Gasteiger partial charge in [0.05, 0.1) is 6.61 Å². The van der Waals surface area contributed by atoms with E-state index in [2.05, 4.69) is 5.32 Å². The van der Waals surface area contributed by atoms with Crippen molar-refractivity contribution >= 4 is 11.7 Å². The molecule has 0 aliphatic rings. The lowest BCUT2D eigenvalue weighted by Gasteiger charge is -2.08. The van der Waals surface area contributed by atoms with Gasteiger partial charge in [-0.15, -0.1) is 0 Å². The van der Waals surface area contributed by atoms with E-state index in [1.54, 1.807) is 6.92 Å². The maximum atomic E-state index is 11.0. The van der Waals surface area contributed by atoms with E-state index in [0.29, 0.717) is 6.61 Å². The summed E-state index contributed by atoms with van der Waals surface area (Å²) >= 11 is 0. The normalized spacial score (nSPS) is 9.57. The van der Waals surface area contributed by atoms with Crippen molar-refractivity contribution < 1.29 is 9.53 Å². The van der Waals surface area contributed by atoms with Gasteiger partial charge in [0.1, 0.15) is 6.54 Å². The topological polar surface area (TPSA) is 38.3 Å². The van der Waals surface area contributed by atoms with Gasteiger partial charge in [0.15, 0.2) is 0 Å². The number of esters is 1. The van der Waals surface area contributed by atoms with Gasteiger partial charge in [0.2, 0.25) is 0 Å². The zero-order valence-electron chi connectivity index (χ0n) is 8.54. The van der Waals surface area contributed by atoms with E-state index < -0.39 is 0 Å². The molecule has 1 rings (SSSR count). The van der Waals surface area contributed by atoms with Crippen LogP contribution in [0.4, 0.5) is 5.69 Å². The average Bonchev–Trinajstić information content (AvgIpc) is 2.17. The van der Waals surface area contributed by atoms with Gasteiger partial charge >= 0.3 is 5.97 Å². The van der Waals surface area contributed by atoms with Crippen molar-refractivity contribution in [1.82, 2.24) is 0 Å². The molecule has 0 spiro atoms. The highest BCUT2D eigenvalue weighted by Gasteiger charge is 2.01. The first-order valence-electron chi connectivity index (χ1n) is 4.69. The van der Waals surface area contributed by atoms with Crippen LogP contribution in [0.25, 0.3) is 0 Å². The third kappa shape index (κ3) is 3.09. The summed E-state index contributed by atoms with van der Waals surface area (Å²) in [6.07, 6.45) is 0. The van der Waals surface area contributed by atoms with Gasteiger partial charge in [0, 0.05) is 5.69 Å². The largest absolute Gasteiger partial charge is 0.465 e. The molecule has 0 amide bonds. The molecular weight excluding hydrogens is 178 g/mol. The van der Waals surface area contributed by atoms with Gasteiger partial charge in [-0.2, -0.15) is 0 Å². The van der Waals surface area contributed by atoms with Crippen molar-refractivity contribution in [3.05, 3.63) is 29.8 Å². The molecule has 0 heterocycles. The third-order valence-corrected chi connectivity index (χ3v) is 1.87. The van der Waals surface area contributed by atoms with Gasteiger partial charge in [-0.1, -0.05) is 18.2 Å². The van der Waals surface area contributed by atoms with Crippen LogP contribution < -0.4 is 5.32 Å². The molecule has 0 fully saturated rings. The Bertz CT molecular complexity index is 310. The first-order chi connectivity index (χ1) is 6.74. The molecule has 0 aliphatic carbocycles. The van der Waals surface area contributed by atoms with E-state index in [1.165, 1.54) is 0 Å². The minimum absolute atomic E-state index is 0.221. The molecule has 14 heavy (non-hydrogen) atoms. The molecule has 0 saturated heterocycles. The van der Waals surface area contributed by atoms with E-state index in [9.17, 15) is 4.79 Å². The van der Waals surface area contributed by atoms with Crippen molar-refractivity contribution in [3.63, 3.8) is 0 Å². The predicted octanol–water partition coefficient (Wildman–Crippen LogP) is 1.97. The monoisotopic (exact) mass is 193 g/mol. The van der Waals surface area contributed by atoms with Crippen LogP contribution in [0, 0.1) is 6.92 Å². The molecule has 1 aromatic carbocycles. The molecule has 0 bridgehead atoms. The van der Waals surface area contributed by atoms with Crippen LogP contribution in [0.5, 0.6) is 0 Å². The zero-order valence-corrected chi connectivity index (χ0v) is 8.54. The summed E-state index contributed by atoms with van der Waals surface area (Å²) in [4.78, 5) is 11.0.